The Bertz CT molecular complexity index is 693. The molecule has 0 spiro atoms. The highest BCUT2D eigenvalue weighted by molar-refractivity contribution is 7.91. The van der Waals surface area contributed by atoms with Gasteiger partial charge in [-0.3, -0.25) is 10.1 Å². The largest absolute Gasteiger partial charge is 0.370 e. The summed E-state index contributed by atoms with van der Waals surface area (Å²) in [6.07, 6.45) is 0.507. The van der Waals surface area contributed by atoms with Crippen molar-refractivity contribution in [3.05, 3.63) is 33.9 Å². The Balaban J connectivity index is 2.32. The van der Waals surface area contributed by atoms with E-state index in [1.807, 2.05) is 0 Å². The van der Waals surface area contributed by atoms with Gasteiger partial charge in [0.05, 0.1) is 16.4 Å². The summed E-state index contributed by atoms with van der Waals surface area (Å²) in [4.78, 5) is 12.0. The first kappa shape index (κ1) is 14.3. The highest BCUT2D eigenvalue weighted by atomic mass is 32.2. The van der Waals surface area contributed by atoms with E-state index in [4.69, 9.17) is 5.26 Å². The number of sulfone groups is 1. The van der Waals surface area contributed by atoms with Crippen LogP contribution < -0.4 is 4.90 Å². The van der Waals surface area contributed by atoms with Gasteiger partial charge in [0.2, 0.25) is 0 Å². The Morgan fingerprint density at radius 2 is 2.20 bits per heavy atom. The highest BCUT2D eigenvalue weighted by Crippen LogP contribution is 2.28. The van der Waals surface area contributed by atoms with E-state index in [0.29, 0.717) is 12.1 Å². The zero-order chi connectivity index (χ0) is 14.9. The number of nitro benzene ring substituents is 1. The number of rotatable bonds is 3. The molecule has 1 aliphatic heterocycles. The summed E-state index contributed by atoms with van der Waals surface area (Å²) >= 11 is 0. The molecule has 0 saturated carbocycles. The van der Waals surface area contributed by atoms with Gasteiger partial charge < -0.3 is 4.90 Å². The lowest BCUT2D eigenvalue weighted by atomic mass is 10.1. The molecule has 0 radical (unpaired) electrons. The second-order valence-electron chi connectivity index (χ2n) is 4.74. The summed E-state index contributed by atoms with van der Waals surface area (Å²) in [5.41, 5.74) is 0.265. The van der Waals surface area contributed by atoms with Crippen molar-refractivity contribution >= 4 is 21.2 Å². The minimum Gasteiger partial charge on any atom is -0.370 e. The first-order chi connectivity index (χ1) is 9.34. The van der Waals surface area contributed by atoms with Crippen LogP contribution in [0.4, 0.5) is 11.4 Å². The van der Waals surface area contributed by atoms with Gasteiger partial charge in [0.1, 0.15) is 11.6 Å². The molecule has 1 fully saturated rings. The standard InChI is InChI=1S/C12H13N3O4S/c1-14(11-4-5-20(18,19)8-11)10-3-2-9(7-13)12(6-10)15(16)17/h2-3,6,11H,4-5,8H2,1H3. The summed E-state index contributed by atoms with van der Waals surface area (Å²) in [6, 6.07) is 5.87. The predicted molar refractivity (Wildman–Crippen MR) is 73.3 cm³/mol. The summed E-state index contributed by atoms with van der Waals surface area (Å²) < 4.78 is 22.9. The quantitative estimate of drug-likeness (QED) is 0.610. The number of hydrogen-bond donors (Lipinski definition) is 0. The molecular weight excluding hydrogens is 282 g/mol. The highest BCUT2D eigenvalue weighted by Gasteiger charge is 2.31. The van der Waals surface area contributed by atoms with E-state index in [2.05, 4.69) is 0 Å². The summed E-state index contributed by atoms with van der Waals surface area (Å²) in [7, 11) is -1.31. The SMILES string of the molecule is CN(c1ccc(C#N)c([N+](=O)[O-])c1)C1CCS(=O)(=O)C1. The number of nitriles is 1. The summed E-state index contributed by atoms with van der Waals surface area (Å²) in [6.45, 7) is 0. The van der Waals surface area contributed by atoms with Gasteiger partial charge in [0.15, 0.2) is 9.84 Å². The van der Waals surface area contributed by atoms with E-state index >= 15 is 0 Å². The van der Waals surface area contributed by atoms with Crippen molar-refractivity contribution in [2.45, 2.75) is 12.5 Å². The third kappa shape index (κ3) is 2.72. The molecular formula is C12H13N3O4S. The van der Waals surface area contributed by atoms with Crippen LogP contribution in [0.1, 0.15) is 12.0 Å². The monoisotopic (exact) mass is 295 g/mol. The van der Waals surface area contributed by atoms with Gasteiger partial charge in [-0.2, -0.15) is 5.26 Å². The van der Waals surface area contributed by atoms with E-state index in [1.54, 1.807) is 24.1 Å². The zero-order valence-corrected chi connectivity index (χ0v) is 11.6. The van der Waals surface area contributed by atoms with Gasteiger partial charge in [-0.1, -0.05) is 0 Å². The van der Waals surface area contributed by atoms with E-state index in [-0.39, 0.29) is 28.8 Å². The van der Waals surface area contributed by atoms with Crippen molar-refractivity contribution in [1.29, 1.82) is 5.26 Å². The molecule has 0 aliphatic carbocycles. The van der Waals surface area contributed by atoms with Crippen molar-refractivity contribution < 1.29 is 13.3 Å². The molecule has 106 valence electrons. The van der Waals surface area contributed by atoms with Gasteiger partial charge in [-0.15, -0.1) is 0 Å². The Labute approximate surface area is 116 Å². The fraction of sp³-hybridized carbons (Fsp3) is 0.417. The number of benzene rings is 1. The van der Waals surface area contributed by atoms with Gasteiger partial charge in [-0.25, -0.2) is 8.42 Å². The fourth-order valence-corrected chi connectivity index (χ4v) is 4.05. The third-order valence-electron chi connectivity index (χ3n) is 3.46. The molecule has 7 nitrogen and oxygen atoms in total. The van der Waals surface area contributed by atoms with Crippen LogP contribution in [0, 0.1) is 21.4 Å². The zero-order valence-electron chi connectivity index (χ0n) is 10.8. The molecule has 2 rings (SSSR count). The van der Waals surface area contributed by atoms with Crippen LogP contribution in [-0.4, -0.2) is 37.9 Å². The van der Waals surface area contributed by atoms with Crippen LogP contribution in [0.15, 0.2) is 18.2 Å². The number of nitro groups is 1. The molecule has 1 heterocycles. The van der Waals surface area contributed by atoms with Crippen molar-refractivity contribution in [3.63, 3.8) is 0 Å². The summed E-state index contributed by atoms with van der Waals surface area (Å²) in [5, 5.41) is 19.7. The number of anilines is 1. The molecule has 1 aliphatic rings. The molecule has 1 unspecified atom stereocenters. The van der Waals surface area contributed by atoms with Crippen molar-refractivity contribution in [1.82, 2.24) is 0 Å². The minimum atomic E-state index is -3.02. The molecule has 1 saturated heterocycles. The van der Waals surface area contributed by atoms with E-state index in [9.17, 15) is 18.5 Å². The van der Waals surface area contributed by atoms with Crippen LogP contribution >= 0.6 is 0 Å². The maximum absolute atomic E-state index is 11.5. The minimum absolute atomic E-state index is 0.00815. The molecule has 1 aromatic carbocycles. The van der Waals surface area contributed by atoms with Crippen LogP contribution in [0.25, 0.3) is 0 Å². The van der Waals surface area contributed by atoms with Gasteiger partial charge >= 0.3 is 0 Å². The fourth-order valence-electron chi connectivity index (χ4n) is 2.28. The number of nitrogens with zero attached hydrogens (tertiary/aromatic N) is 3. The third-order valence-corrected chi connectivity index (χ3v) is 5.21. The summed E-state index contributed by atoms with van der Waals surface area (Å²) in [5.74, 6) is 0.192. The lowest BCUT2D eigenvalue weighted by molar-refractivity contribution is -0.385. The van der Waals surface area contributed by atoms with Gasteiger partial charge in [0.25, 0.3) is 5.69 Å². The average Bonchev–Trinajstić information content (AvgIpc) is 2.77. The van der Waals surface area contributed by atoms with E-state index < -0.39 is 14.8 Å². The first-order valence-electron chi connectivity index (χ1n) is 5.96. The average molecular weight is 295 g/mol. The van der Waals surface area contributed by atoms with Gasteiger partial charge in [0, 0.05) is 24.8 Å². The predicted octanol–water partition coefficient (Wildman–Crippen LogP) is 1.09. The molecule has 0 aromatic heterocycles. The second-order valence-corrected chi connectivity index (χ2v) is 6.97. The van der Waals surface area contributed by atoms with E-state index in [0.717, 1.165) is 0 Å². The molecule has 0 bridgehead atoms. The normalized spacial score (nSPS) is 20.3. The molecule has 0 amide bonds. The van der Waals surface area contributed by atoms with Crippen LogP contribution in [0.2, 0.25) is 0 Å². The second kappa shape index (κ2) is 5.09. The maximum Gasteiger partial charge on any atom is 0.289 e. The topological polar surface area (TPSA) is 104 Å². The lowest BCUT2D eigenvalue weighted by Gasteiger charge is -2.25. The smallest absolute Gasteiger partial charge is 0.289 e. The molecule has 0 N–H and O–H groups in total. The number of hydrogen-bond acceptors (Lipinski definition) is 6. The Morgan fingerprint density at radius 3 is 2.70 bits per heavy atom. The Hall–Kier alpha value is -2.14. The Kier molecular flexibility index (Phi) is 3.63. The molecule has 1 aromatic rings. The molecule has 8 heteroatoms. The lowest BCUT2D eigenvalue weighted by Crippen LogP contribution is -2.32. The van der Waals surface area contributed by atoms with Crippen molar-refractivity contribution in [2.75, 3.05) is 23.5 Å². The maximum atomic E-state index is 11.5. The van der Waals surface area contributed by atoms with Crippen molar-refractivity contribution in [3.8, 4) is 6.07 Å². The van der Waals surface area contributed by atoms with Gasteiger partial charge in [-0.05, 0) is 18.6 Å². The molecule has 1 atom stereocenters. The Morgan fingerprint density at radius 1 is 1.50 bits per heavy atom. The van der Waals surface area contributed by atoms with Crippen LogP contribution in [0.3, 0.4) is 0 Å². The van der Waals surface area contributed by atoms with Crippen LogP contribution in [0.5, 0.6) is 0 Å². The van der Waals surface area contributed by atoms with E-state index in [1.165, 1.54) is 12.1 Å². The van der Waals surface area contributed by atoms with Crippen LogP contribution in [-0.2, 0) is 9.84 Å². The molecule has 20 heavy (non-hydrogen) atoms. The van der Waals surface area contributed by atoms with Crippen molar-refractivity contribution in [2.24, 2.45) is 0 Å². The first-order valence-corrected chi connectivity index (χ1v) is 7.78.